The minimum atomic E-state index is 0.0323. The van der Waals surface area contributed by atoms with Crippen LogP contribution in [-0.4, -0.2) is 19.0 Å². The second-order valence-corrected chi connectivity index (χ2v) is 3.93. The monoisotopic (exact) mass is 232 g/mol. The molecule has 0 fully saturated rings. The van der Waals surface area contributed by atoms with Crippen LogP contribution in [-0.2, 0) is 11.3 Å². The molecule has 17 heavy (non-hydrogen) atoms. The van der Waals surface area contributed by atoms with Crippen molar-refractivity contribution in [1.82, 2.24) is 0 Å². The Morgan fingerprint density at radius 3 is 2.71 bits per heavy atom. The Bertz CT molecular complexity index is 520. The van der Waals surface area contributed by atoms with E-state index < -0.39 is 0 Å². The molecule has 0 radical (unpaired) electrons. The summed E-state index contributed by atoms with van der Waals surface area (Å²) in [5.41, 5.74) is 2.04. The molecule has 0 atom stereocenters. The van der Waals surface area contributed by atoms with E-state index in [-0.39, 0.29) is 13.4 Å². The van der Waals surface area contributed by atoms with Crippen molar-refractivity contribution in [3.05, 3.63) is 41.5 Å². The number of aliphatic hydroxyl groups excluding tert-OH is 1. The van der Waals surface area contributed by atoms with Gasteiger partial charge < -0.3 is 14.6 Å². The van der Waals surface area contributed by atoms with Gasteiger partial charge in [0.25, 0.3) is 0 Å². The quantitative estimate of drug-likeness (QED) is 0.823. The van der Waals surface area contributed by atoms with Crippen molar-refractivity contribution in [3.8, 4) is 5.75 Å². The summed E-state index contributed by atoms with van der Waals surface area (Å²) in [5, 5.41) is 11.4. The lowest BCUT2D eigenvalue weighted by atomic mass is 10.0. The average Bonchev–Trinajstić information content (AvgIpc) is 2.36. The molecule has 0 heterocycles. The van der Waals surface area contributed by atoms with Gasteiger partial charge in [-0.2, -0.15) is 0 Å². The molecule has 0 spiro atoms. The zero-order valence-electron chi connectivity index (χ0n) is 10.1. The first kappa shape index (κ1) is 11.9. The number of benzene rings is 2. The molecule has 3 nitrogen and oxygen atoms in total. The molecule has 0 unspecified atom stereocenters. The molecule has 0 aliphatic carbocycles. The van der Waals surface area contributed by atoms with Gasteiger partial charge in [-0.15, -0.1) is 0 Å². The van der Waals surface area contributed by atoms with Crippen molar-refractivity contribution in [1.29, 1.82) is 0 Å². The fraction of sp³-hybridized carbons (Fsp3) is 0.286. The molecule has 3 heteroatoms. The molecule has 90 valence electrons. The predicted molar refractivity (Wildman–Crippen MR) is 67.1 cm³/mol. The van der Waals surface area contributed by atoms with Gasteiger partial charge in [-0.25, -0.2) is 0 Å². The zero-order chi connectivity index (χ0) is 12.3. The molecule has 2 rings (SSSR count). The molecule has 2 aromatic carbocycles. The van der Waals surface area contributed by atoms with Crippen LogP contribution in [0, 0.1) is 6.92 Å². The van der Waals surface area contributed by atoms with Gasteiger partial charge in [0.15, 0.2) is 6.79 Å². The number of methoxy groups -OCH3 is 1. The van der Waals surface area contributed by atoms with E-state index in [9.17, 15) is 5.11 Å². The van der Waals surface area contributed by atoms with Crippen LogP contribution in [0.15, 0.2) is 30.3 Å². The van der Waals surface area contributed by atoms with Crippen LogP contribution >= 0.6 is 0 Å². The van der Waals surface area contributed by atoms with E-state index in [4.69, 9.17) is 9.47 Å². The first-order valence-electron chi connectivity index (χ1n) is 5.51. The maximum Gasteiger partial charge on any atom is 0.188 e. The topological polar surface area (TPSA) is 38.7 Å². The second kappa shape index (κ2) is 5.17. The van der Waals surface area contributed by atoms with Gasteiger partial charge >= 0.3 is 0 Å². The molecule has 0 saturated carbocycles. The first-order chi connectivity index (χ1) is 8.27. The van der Waals surface area contributed by atoms with Crippen molar-refractivity contribution in [3.63, 3.8) is 0 Å². The lowest BCUT2D eigenvalue weighted by Gasteiger charge is -2.12. The number of fused-ring (bicyclic) bond motifs is 1. The predicted octanol–water partition coefficient (Wildman–Crippen LogP) is 2.62. The Morgan fingerprint density at radius 2 is 2.00 bits per heavy atom. The molecule has 0 bridgehead atoms. The molecule has 0 aliphatic rings. The standard InChI is InChI=1S/C14H16O3/c1-10-4-3-5-12-11(8-15)6-7-13(14(10)12)17-9-16-2/h3-7,15H,8-9H2,1-2H3. The molecule has 0 aromatic heterocycles. The fourth-order valence-electron chi connectivity index (χ4n) is 1.99. The molecule has 2 aromatic rings. The van der Waals surface area contributed by atoms with Crippen molar-refractivity contribution >= 4 is 10.8 Å². The van der Waals surface area contributed by atoms with Gasteiger partial charge in [0.05, 0.1) is 6.61 Å². The van der Waals surface area contributed by atoms with E-state index in [1.807, 2.05) is 37.3 Å². The van der Waals surface area contributed by atoms with Gasteiger partial charge in [0.1, 0.15) is 5.75 Å². The molecule has 0 saturated heterocycles. The molecular weight excluding hydrogens is 216 g/mol. The highest BCUT2D eigenvalue weighted by Gasteiger charge is 2.08. The normalized spacial score (nSPS) is 10.8. The smallest absolute Gasteiger partial charge is 0.188 e. The Kier molecular flexibility index (Phi) is 3.61. The number of aryl methyl sites for hydroxylation is 1. The number of hydrogen-bond donors (Lipinski definition) is 1. The summed E-state index contributed by atoms with van der Waals surface area (Å²) in [6.07, 6.45) is 0. The lowest BCUT2D eigenvalue weighted by molar-refractivity contribution is 0.0522. The average molecular weight is 232 g/mol. The highest BCUT2D eigenvalue weighted by molar-refractivity contribution is 5.93. The first-order valence-corrected chi connectivity index (χ1v) is 5.51. The molecule has 0 aliphatic heterocycles. The highest BCUT2D eigenvalue weighted by atomic mass is 16.7. The fourth-order valence-corrected chi connectivity index (χ4v) is 1.99. The summed E-state index contributed by atoms with van der Waals surface area (Å²) in [5.74, 6) is 0.789. The van der Waals surface area contributed by atoms with Gasteiger partial charge in [-0.3, -0.25) is 0 Å². The summed E-state index contributed by atoms with van der Waals surface area (Å²) in [7, 11) is 1.59. The Labute approximate surface area is 101 Å². The summed E-state index contributed by atoms with van der Waals surface area (Å²) >= 11 is 0. The van der Waals surface area contributed by atoms with E-state index >= 15 is 0 Å². The van der Waals surface area contributed by atoms with E-state index in [0.717, 1.165) is 27.6 Å². The molecule has 0 amide bonds. The Balaban J connectivity index is 2.61. The third kappa shape index (κ3) is 2.25. The van der Waals surface area contributed by atoms with Gasteiger partial charge in [0.2, 0.25) is 0 Å². The third-order valence-corrected chi connectivity index (χ3v) is 2.80. The number of rotatable bonds is 4. The minimum absolute atomic E-state index is 0.0323. The summed E-state index contributed by atoms with van der Waals surface area (Å²) in [6, 6.07) is 9.76. The van der Waals surface area contributed by atoms with Crippen LogP contribution in [0.5, 0.6) is 5.75 Å². The van der Waals surface area contributed by atoms with Crippen LogP contribution in [0.2, 0.25) is 0 Å². The lowest BCUT2D eigenvalue weighted by Crippen LogP contribution is -2.00. The number of hydrogen-bond acceptors (Lipinski definition) is 3. The van der Waals surface area contributed by atoms with Crippen molar-refractivity contribution < 1.29 is 14.6 Å². The maximum atomic E-state index is 9.33. The third-order valence-electron chi connectivity index (χ3n) is 2.80. The molecular formula is C14H16O3. The minimum Gasteiger partial charge on any atom is -0.467 e. The Morgan fingerprint density at radius 1 is 1.18 bits per heavy atom. The van der Waals surface area contributed by atoms with E-state index in [1.165, 1.54) is 0 Å². The SMILES string of the molecule is COCOc1ccc(CO)c2cccc(C)c12. The van der Waals surface area contributed by atoms with Crippen LogP contribution in [0.4, 0.5) is 0 Å². The summed E-state index contributed by atoms with van der Waals surface area (Å²) < 4.78 is 10.5. The second-order valence-electron chi connectivity index (χ2n) is 3.93. The van der Waals surface area contributed by atoms with E-state index in [1.54, 1.807) is 7.11 Å². The number of ether oxygens (including phenoxy) is 2. The highest BCUT2D eigenvalue weighted by Crippen LogP contribution is 2.31. The van der Waals surface area contributed by atoms with Crippen molar-refractivity contribution in [2.24, 2.45) is 0 Å². The number of aliphatic hydroxyl groups is 1. The van der Waals surface area contributed by atoms with E-state index in [2.05, 4.69) is 0 Å². The van der Waals surface area contributed by atoms with E-state index in [0.29, 0.717) is 0 Å². The van der Waals surface area contributed by atoms with Crippen LogP contribution in [0.1, 0.15) is 11.1 Å². The van der Waals surface area contributed by atoms with Gasteiger partial charge in [-0.1, -0.05) is 24.3 Å². The summed E-state index contributed by atoms with van der Waals surface area (Å²) in [4.78, 5) is 0. The summed E-state index contributed by atoms with van der Waals surface area (Å²) in [6.45, 7) is 2.29. The van der Waals surface area contributed by atoms with Gasteiger partial charge in [-0.05, 0) is 29.5 Å². The Hall–Kier alpha value is -1.58. The van der Waals surface area contributed by atoms with Crippen molar-refractivity contribution in [2.45, 2.75) is 13.5 Å². The van der Waals surface area contributed by atoms with Crippen LogP contribution in [0.25, 0.3) is 10.8 Å². The van der Waals surface area contributed by atoms with Crippen LogP contribution < -0.4 is 4.74 Å². The molecule has 1 N–H and O–H groups in total. The maximum absolute atomic E-state index is 9.33. The van der Waals surface area contributed by atoms with Crippen LogP contribution in [0.3, 0.4) is 0 Å². The van der Waals surface area contributed by atoms with Gasteiger partial charge in [0, 0.05) is 12.5 Å². The largest absolute Gasteiger partial charge is 0.467 e. The zero-order valence-corrected chi connectivity index (χ0v) is 10.1. The van der Waals surface area contributed by atoms with Crippen molar-refractivity contribution in [2.75, 3.05) is 13.9 Å².